The predicted octanol–water partition coefficient (Wildman–Crippen LogP) is 0.576. The Morgan fingerprint density at radius 2 is 1.53 bits per heavy atom. The number of hydrogen-bond acceptors (Lipinski definition) is 2. The van der Waals surface area contributed by atoms with Gasteiger partial charge in [0, 0.05) is 21.1 Å². The van der Waals surface area contributed by atoms with Gasteiger partial charge in [0.1, 0.15) is 6.79 Å². The van der Waals surface area contributed by atoms with Gasteiger partial charge in [-0.1, -0.05) is 47.5 Å². The van der Waals surface area contributed by atoms with E-state index in [4.69, 9.17) is 4.79 Å². The molecule has 98 valence electrons. The summed E-state index contributed by atoms with van der Waals surface area (Å²) in [5.74, 6) is 0.292. The Morgan fingerprint density at radius 1 is 1.12 bits per heavy atom. The first kappa shape index (κ1) is 31.2. The van der Waals surface area contributed by atoms with Gasteiger partial charge in [-0.25, -0.2) is 0 Å². The molecule has 3 nitrogen and oxygen atoms in total. The molecule has 1 atom stereocenters. The van der Waals surface area contributed by atoms with Crippen molar-refractivity contribution in [1.29, 1.82) is 0 Å². The van der Waals surface area contributed by atoms with Crippen LogP contribution in [0.25, 0.3) is 5.32 Å². The standard InChI is InChI=1S/C7H13NO.2C2H6.CH2O.Rb.W/c1-6-4-2-3-5-8-7(6)9;3*1-2;;/h6H,2-5H2,1H3,(H,8,9);2*1-2H3;1H2;;/q;;;;+1;/p-1. The molecule has 0 aromatic heterocycles. The summed E-state index contributed by atoms with van der Waals surface area (Å²) in [7, 11) is 0. The first-order valence-electron chi connectivity index (χ1n) is 5.81. The minimum Gasteiger partial charge on any atom is -0.653 e. The molecule has 5 heteroatoms. The van der Waals surface area contributed by atoms with Crippen LogP contribution < -0.4 is 58.2 Å². The van der Waals surface area contributed by atoms with E-state index in [0.29, 0.717) is 0 Å². The number of carbonyl (C=O) groups is 2. The molecule has 1 aliphatic rings. The molecule has 0 spiro atoms. The Kier molecular flexibility index (Phi) is 56.0. The molecule has 1 heterocycles. The minimum atomic E-state index is 0. The largest absolute Gasteiger partial charge is 1.00 e. The molecular weight excluding hydrogens is 459 g/mol. The summed E-state index contributed by atoms with van der Waals surface area (Å²) in [4.78, 5) is 18.8. The van der Waals surface area contributed by atoms with E-state index in [2.05, 4.69) is 5.32 Å². The van der Waals surface area contributed by atoms with Gasteiger partial charge in [0.15, 0.2) is 0 Å². The summed E-state index contributed by atoms with van der Waals surface area (Å²) in [5, 5.41) is 3.87. The topological polar surface area (TPSA) is 48.2 Å². The molecule has 0 saturated carbocycles. The van der Waals surface area contributed by atoms with Crippen LogP contribution in [0.1, 0.15) is 53.9 Å². The Balaban J connectivity index is -0.0000000530. The molecule has 1 aliphatic heterocycles. The van der Waals surface area contributed by atoms with Gasteiger partial charge >= 0.3 is 58.2 Å². The number of rotatable bonds is 0. The van der Waals surface area contributed by atoms with Crippen LogP contribution >= 0.6 is 0 Å². The number of carbonyl (C=O) groups excluding carboxylic acids is 2. The maximum absolute atomic E-state index is 10.8. The summed E-state index contributed by atoms with van der Waals surface area (Å²) in [5.41, 5.74) is 0. The molecule has 1 saturated heterocycles. The molecule has 17 heavy (non-hydrogen) atoms. The van der Waals surface area contributed by atoms with Gasteiger partial charge in [0.05, 0.1) is 5.91 Å². The minimum absolute atomic E-state index is 0. The van der Waals surface area contributed by atoms with Crippen LogP contribution in [0.3, 0.4) is 0 Å². The second-order valence-corrected chi connectivity index (χ2v) is 2.62. The summed E-state index contributed by atoms with van der Waals surface area (Å²) >= 11 is 0. The van der Waals surface area contributed by atoms with E-state index in [0.717, 1.165) is 25.8 Å². The van der Waals surface area contributed by atoms with Crippen molar-refractivity contribution < 1.29 is 88.8 Å². The van der Waals surface area contributed by atoms with Crippen molar-refractivity contribution in [2.75, 3.05) is 6.54 Å². The van der Waals surface area contributed by atoms with Gasteiger partial charge in [0.25, 0.3) is 0 Å². The quantitative estimate of drug-likeness (QED) is 0.504. The molecule has 1 unspecified atom stereocenters. The number of nitrogens with zero attached hydrogens (tertiary/aromatic N) is 1. The summed E-state index contributed by atoms with van der Waals surface area (Å²) in [6, 6.07) is 0. The van der Waals surface area contributed by atoms with Gasteiger partial charge < -0.3 is 14.9 Å². The van der Waals surface area contributed by atoms with Crippen LogP contribution in [0.4, 0.5) is 0 Å². The third-order valence-electron chi connectivity index (χ3n) is 1.73. The van der Waals surface area contributed by atoms with Crippen molar-refractivity contribution >= 4 is 12.7 Å². The van der Waals surface area contributed by atoms with Crippen molar-refractivity contribution in [1.82, 2.24) is 0 Å². The van der Waals surface area contributed by atoms with Gasteiger partial charge in [-0.2, -0.15) is 0 Å². The van der Waals surface area contributed by atoms with E-state index >= 15 is 0 Å². The number of amides is 1. The third-order valence-corrected chi connectivity index (χ3v) is 1.73. The fourth-order valence-electron chi connectivity index (χ4n) is 1.03. The van der Waals surface area contributed by atoms with E-state index in [1.807, 2.05) is 41.4 Å². The van der Waals surface area contributed by atoms with Gasteiger partial charge in [0.2, 0.25) is 0 Å². The zero-order chi connectivity index (χ0) is 12.7. The molecule has 0 aromatic rings. The SMILES string of the molecule is C=O.CC.CC.CC1CCCC[N-]C1=O.[Rb+].[W]. The van der Waals surface area contributed by atoms with Crippen LogP contribution in [0.5, 0.6) is 0 Å². The average molecular weight is 486 g/mol. The first-order valence-corrected chi connectivity index (χ1v) is 5.81. The Labute approximate surface area is 170 Å². The van der Waals surface area contributed by atoms with Crippen molar-refractivity contribution in [3.8, 4) is 0 Å². The van der Waals surface area contributed by atoms with Crippen LogP contribution in [-0.2, 0) is 30.7 Å². The Morgan fingerprint density at radius 3 is 1.94 bits per heavy atom. The van der Waals surface area contributed by atoms with Crippen molar-refractivity contribution in [3.05, 3.63) is 5.32 Å². The zero-order valence-corrected chi connectivity index (χ0v) is 20.1. The predicted molar refractivity (Wildman–Crippen MR) is 66.1 cm³/mol. The van der Waals surface area contributed by atoms with E-state index in [1.54, 1.807) is 0 Å². The van der Waals surface area contributed by atoms with Crippen molar-refractivity contribution in [2.45, 2.75) is 53.9 Å². The molecule has 0 N–H and O–H groups in total. The maximum Gasteiger partial charge on any atom is 1.00 e. The maximum atomic E-state index is 10.8. The summed E-state index contributed by atoms with van der Waals surface area (Å²) < 4.78 is 0. The van der Waals surface area contributed by atoms with Crippen molar-refractivity contribution in [3.63, 3.8) is 0 Å². The van der Waals surface area contributed by atoms with E-state index < -0.39 is 0 Å². The van der Waals surface area contributed by atoms with E-state index in [1.165, 1.54) is 0 Å². The van der Waals surface area contributed by atoms with Gasteiger partial charge in [-0.15, -0.1) is 6.54 Å². The molecule has 0 bridgehead atoms. The Hall–Kier alpha value is 1.63. The zero-order valence-electron chi connectivity index (χ0n) is 12.3. The number of hydrogen-bond donors (Lipinski definition) is 0. The van der Waals surface area contributed by atoms with Gasteiger partial charge in [-0.05, 0) is 12.3 Å². The van der Waals surface area contributed by atoms with E-state index in [9.17, 15) is 4.79 Å². The monoisotopic (exact) mass is 485 g/mol. The normalized spacial score (nSPS) is 16.3. The smallest absolute Gasteiger partial charge is 0.653 e. The fourth-order valence-corrected chi connectivity index (χ4v) is 1.03. The Bertz CT molecular complexity index is 138. The molecule has 1 rings (SSSR count). The summed E-state index contributed by atoms with van der Waals surface area (Å²) in [6.07, 6.45) is 3.29. The second kappa shape index (κ2) is 30.6. The van der Waals surface area contributed by atoms with Crippen LogP contribution in [0, 0.1) is 5.92 Å². The van der Waals surface area contributed by atoms with Crippen molar-refractivity contribution in [2.24, 2.45) is 5.92 Å². The fraction of sp³-hybridized carbons (Fsp3) is 0.833. The van der Waals surface area contributed by atoms with Crippen LogP contribution in [0.15, 0.2) is 0 Å². The molecular formula is C12H26NO2RbW. The molecule has 1 amide bonds. The van der Waals surface area contributed by atoms with Crippen LogP contribution in [0.2, 0.25) is 0 Å². The molecule has 0 aromatic carbocycles. The average Bonchev–Trinajstić information content (AvgIpc) is 2.53. The van der Waals surface area contributed by atoms with Crippen LogP contribution in [-0.4, -0.2) is 19.2 Å². The van der Waals surface area contributed by atoms with E-state index in [-0.39, 0.29) is 91.1 Å². The molecule has 0 aliphatic carbocycles. The molecule has 0 radical (unpaired) electrons. The second-order valence-electron chi connectivity index (χ2n) is 2.62. The van der Waals surface area contributed by atoms with Gasteiger partial charge in [-0.3, -0.25) is 0 Å². The summed E-state index contributed by atoms with van der Waals surface area (Å²) in [6.45, 7) is 12.7. The first-order chi connectivity index (χ1) is 7.30. The third kappa shape index (κ3) is 23.2. The molecule has 1 fully saturated rings.